The number of ether oxygens (including phenoxy) is 1. The van der Waals surface area contributed by atoms with Crippen LogP contribution in [-0.2, 0) is 15.4 Å². The van der Waals surface area contributed by atoms with Crippen molar-refractivity contribution in [1.29, 1.82) is 0 Å². The second-order valence-corrected chi connectivity index (χ2v) is 8.74. The fourth-order valence-corrected chi connectivity index (χ4v) is 4.70. The molecule has 1 saturated heterocycles. The van der Waals surface area contributed by atoms with Crippen molar-refractivity contribution < 1.29 is 27.5 Å². The first-order valence-corrected chi connectivity index (χ1v) is 11.3. The number of benzene rings is 2. The van der Waals surface area contributed by atoms with E-state index >= 15 is 0 Å². The monoisotopic (exact) mass is 496 g/mol. The minimum absolute atomic E-state index is 0.159. The molecule has 0 N–H and O–H groups in total. The van der Waals surface area contributed by atoms with Crippen LogP contribution < -0.4 is 4.74 Å². The maximum absolute atomic E-state index is 14.1. The van der Waals surface area contributed by atoms with Gasteiger partial charge in [0.1, 0.15) is 5.75 Å². The summed E-state index contributed by atoms with van der Waals surface area (Å²) in [7, 11) is 1.58. The highest BCUT2D eigenvalue weighted by atomic mass is 19.2. The summed E-state index contributed by atoms with van der Waals surface area (Å²) < 4.78 is 49.2. The number of fused-ring (bicyclic) bond motifs is 1. The van der Waals surface area contributed by atoms with Gasteiger partial charge in [-0.2, -0.15) is 0 Å². The van der Waals surface area contributed by atoms with Gasteiger partial charge in [-0.25, -0.2) is 18.2 Å². The third-order valence-electron chi connectivity index (χ3n) is 6.40. The number of carbonyl (C=O) groups is 1. The molecule has 0 bridgehead atoms. The molecule has 1 fully saturated rings. The Kier molecular flexibility index (Phi) is 5.82. The fraction of sp³-hybridized carbons (Fsp3) is 0.269. The Bertz CT molecular complexity index is 1410. The highest BCUT2D eigenvalue weighted by molar-refractivity contribution is 6.06. The smallest absolute Gasteiger partial charge is 0.295 e. The summed E-state index contributed by atoms with van der Waals surface area (Å²) in [5.41, 5.74) is 1.26. The summed E-state index contributed by atoms with van der Waals surface area (Å²) >= 11 is 0. The van der Waals surface area contributed by atoms with Crippen molar-refractivity contribution in [2.45, 2.75) is 32.4 Å². The summed E-state index contributed by atoms with van der Waals surface area (Å²) in [6.45, 7) is 3.51. The molecular formula is C26H23F3N4O3. The number of aryl methyl sites for hydroxylation is 1. The minimum atomic E-state index is -1.88. The molecule has 3 heterocycles. The highest BCUT2D eigenvalue weighted by Crippen LogP contribution is 2.42. The summed E-state index contributed by atoms with van der Waals surface area (Å²) in [5, 5.41) is 4.15. The van der Waals surface area contributed by atoms with Gasteiger partial charge >= 0.3 is 0 Å². The Balaban J connectivity index is 1.52. The highest BCUT2D eigenvalue weighted by Gasteiger charge is 2.54. The number of halogens is 3. The van der Waals surface area contributed by atoms with Crippen LogP contribution in [0.1, 0.15) is 36.6 Å². The first kappa shape index (κ1) is 23.7. The number of hydrogen-bond donors (Lipinski definition) is 0. The molecule has 1 aromatic heterocycles. The Morgan fingerprint density at radius 2 is 1.94 bits per heavy atom. The molecule has 0 radical (unpaired) electrons. The van der Waals surface area contributed by atoms with Crippen molar-refractivity contribution in [1.82, 2.24) is 14.5 Å². The normalized spacial score (nSPS) is 20.2. The predicted molar refractivity (Wildman–Crippen MR) is 126 cm³/mol. The Morgan fingerprint density at radius 1 is 1.19 bits per heavy atom. The Labute approximate surface area is 205 Å². The van der Waals surface area contributed by atoms with E-state index in [1.54, 1.807) is 18.3 Å². The van der Waals surface area contributed by atoms with Crippen LogP contribution in [0.15, 0.2) is 53.6 Å². The second kappa shape index (κ2) is 8.85. The largest absolute Gasteiger partial charge is 0.495 e. The number of aromatic nitrogens is 2. The van der Waals surface area contributed by atoms with Gasteiger partial charge in [0, 0.05) is 25.2 Å². The number of imidazole rings is 1. The van der Waals surface area contributed by atoms with Gasteiger partial charge in [0.25, 0.3) is 5.72 Å². The number of amidine groups is 1. The molecule has 1 unspecified atom stereocenters. The van der Waals surface area contributed by atoms with E-state index in [4.69, 9.17) is 9.57 Å². The molecule has 0 spiro atoms. The average molecular weight is 496 g/mol. The number of methoxy groups -OCH3 is 1. The molecule has 186 valence electrons. The molecule has 3 aromatic rings. The number of ketones is 1. The van der Waals surface area contributed by atoms with E-state index in [1.165, 1.54) is 6.92 Å². The Hall–Kier alpha value is -4.08. The van der Waals surface area contributed by atoms with E-state index < -0.39 is 29.0 Å². The zero-order valence-corrected chi connectivity index (χ0v) is 19.9. The van der Waals surface area contributed by atoms with Gasteiger partial charge in [-0.15, -0.1) is 0 Å². The summed E-state index contributed by atoms with van der Waals surface area (Å²) in [5.74, 6) is -3.94. The topological polar surface area (TPSA) is 69.0 Å². The standard InChI is InChI=1S/C26H23F3N4O3/c1-15-13-32(14-30-15)22-7-6-17(10-23(22)35-3)9-18-5-4-8-33-25(18)31-36-26(33,16(2)34)19-11-20(27)24(29)21(28)12-19/h6-7,9-14H,4-5,8H2,1-3H3. The van der Waals surface area contributed by atoms with E-state index in [-0.39, 0.29) is 5.56 Å². The van der Waals surface area contributed by atoms with E-state index in [0.29, 0.717) is 31.0 Å². The number of carbonyl (C=O) groups excluding carboxylic acids is 1. The van der Waals surface area contributed by atoms with Gasteiger partial charge in [-0.3, -0.25) is 4.79 Å². The first-order valence-electron chi connectivity index (χ1n) is 11.3. The van der Waals surface area contributed by atoms with Crippen molar-refractivity contribution in [3.05, 3.63) is 82.7 Å². The van der Waals surface area contributed by atoms with E-state index in [1.807, 2.05) is 42.0 Å². The summed E-state index contributed by atoms with van der Waals surface area (Å²) in [6.07, 6.45) is 6.78. The number of piperidine rings is 1. The first-order chi connectivity index (χ1) is 17.2. The van der Waals surface area contributed by atoms with Crippen molar-refractivity contribution in [2.75, 3.05) is 13.7 Å². The molecule has 2 aliphatic rings. The van der Waals surface area contributed by atoms with Crippen molar-refractivity contribution in [3.8, 4) is 11.4 Å². The van der Waals surface area contributed by atoms with Gasteiger partial charge in [-0.05, 0) is 61.2 Å². The molecule has 2 aromatic carbocycles. The summed E-state index contributed by atoms with van der Waals surface area (Å²) in [4.78, 5) is 24.3. The zero-order chi connectivity index (χ0) is 25.6. The van der Waals surface area contributed by atoms with Crippen LogP contribution in [0.3, 0.4) is 0 Å². The summed E-state index contributed by atoms with van der Waals surface area (Å²) in [6, 6.07) is 7.24. The lowest BCUT2D eigenvalue weighted by atomic mass is 9.92. The molecular weight excluding hydrogens is 473 g/mol. The Morgan fingerprint density at radius 3 is 2.58 bits per heavy atom. The van der Waals surface area contributed by atoms with Crippen LogP contribution in [0.5, 0.6) is 5.75 Å². The number of oxime groups is 1. The van der Waals surface area contributed by atoms with Gasteiger partial charge in [0.15, 0.2) is 23.3 Å². The fourth-order valence-electron chi connectivity index (χ4n) is 4.70. The lowest BCUT2D eigenvalue weighted by molar-refractivity contribution is -0.159. The van der Waals surface area contributed by atoms with Gasteiger partial charge in [0.05, 0.1) is 24.8 Å². The lowest BCUT2D eigenvalue weighted by Crippen LogP contribution is -2.53. The zero-order valence-electron chi connectivity index (χ0n) is 19.9. The van der Waals surface area contributed by atoms with E-state index in [2.05, 4.69) is 10.1 Å². The van der Waals surface area contributed by atoms with Gasteiger partial charge in [-0.1, -0.05) is 11.2 Å². The molecule has 5 rings (SSSR count). The number of nitrogens with zero attached hydrogens (tertiary/aromatic N) is 4. The molecule has 36 heavy (non-hydrogen) atoms. The van der Waals surface area contributed by atoms with Crippen LogP contribution in [-0.4, -0.2) is 39.7 Å². The van der Waals surface area contributed by atoms with Crippen molar-refractivity contribution >= 4 is 17.7 Å². The maximum atomic E-state index is 14.1. The third-order valence-corrected chi connectivity index (χ3v) is 6.40. The maximum Gasteiger partial charge on any atom is 0.295 e. The minimum Gasteiger partial charge on any atom is -0.495 e. The van der Waals surface area contributed by atoms with Crippen LogP contribution in [0.25, 0.3) is 11.8 Å². The predicted octanol–water partition coefficient (Wildman–Crippen LogP) is 4.87. The van der Waals surface area contributed by atoms with E-state index in [9.17, 15) is 18.0 Å². The van der Waals surface area contributed by atoms with Crippen molar-refractivity contribution in [3.63, 3.8) is 0 Å². The van der Waals surface area contributed by atoms with Crippen LogP contribution in [0, 0.1) is 24.4 Å². The average Bonchev–Trinajstić information content (AvgIpc) is 3.47. The molecule has 7 nitrogen and oxygen atoms in total. The van der Waals surface area contributed by atoms with Gasteiger partial charge < -0.3 is 19.0 Å². The molecule has 0 amide bonds. The molecule has 10 heteroatoms. The molecule has 0 aliphatic carbocycles. The number of rotatable bonds is 5. The molecule has 2 aliphatic heterocycles. The van der Waals surface area contributed by atoms with Crippen LogP contribution in [0.4, 0.5) is 13.2 Å². The van der Waals surface area contributed by atoms with Gasteiger partial charge in [0.2, 0.25) is 5.78 Å². The van der Waals surface area contributed by atoms with E-state index in [0.717, 1.165) is 34.7 Å². The SMILES string of the molecule is COc1cc(C=C2CCCN3C2=NOC3(C(C)=O)c2cc(F)c(F)c(F)c2)ccc1-n1cnc(C)c1. The quantitative estimate of drug-likeness (QED) is 0.472. The van der Waals surface area contributed by atoms with Crippen molar-refractivity contribution in [2.24, 2.45) is 5.16 Å². The lowest BCUT2D eigenvalue weighted by Gasteiger charge is -2.38. The molecule has 1 atom stereocenters. The second-order valence-electron chi connectivity index (χ2n) is 8.74. The third kappa shape index (κ3) is 3.73. The molecule has 0 saturated carbocycles. The van der Waals surface area contributed by atoms with Crippen LogP contribution >= 0.6 is 0 Å². The number of hydrogen-bond acceptors (Lipinski definition) is 6. The van der Waals surface area contributed by atoms with Crippen LogP contribution in [0.2, 0.25) is 0 Å². The number of Topliss-reactive ketones (excluding diaryl/α,β-unsaturated/α-hetero) is 1.